The van der Waals surface area contributed by atoms with Gasteiger partial charge in [-0.25, -0.2) is 4.68 Å². The quantitative estimate of drug-likeness (QED) is 0.781. The van der Waals surface area contributed by atoms with E-state index in [-0.39, 0.29) is 11.7 Å². The Morgan fingerprint density at radius 2 is 1.67 bits per heavy atom. The third-order valence-corrected chi connectivity index (χ3v) is 4.36. The van der Waals surface area contributed by atoms with Crippen LogP contribution in [0.15, 0.2) is 42.7 Å². The fourth-order valence-electron chi connectivity index (χ4n) is 3.13. The largest absolute Gasteiger partial charge is 0.294 e. The van der Waals surface area contributed by atoms with Crippen LogP contribution in [0.3, 0.4) is 0 Å². The smallest absolute Gasteiger partial charge is 0.169 e. The van der Waals surface area contributed by atoms with Crippen molar-refractivity contribution in [2.75, 3.05) is 0 Å². The lowest BCUT2D eigenvalue weighted by Gasteiger charge is -2.17. The molecule has 1 aliphatic rings. The van der Waals surface area contributed by atoms with Crippen LogP contribution in [-0.2, 0) is 0 Å². The van der Waals surface area contributed by atoms with E-state index in [4.69, 9.17) is 0 Å². The molecule has 3 rings (SSSR count). The van der Waals surface area contributed by atoms with Gasteiger partial charge in [-0.05, 0) is 25.0 Å². The third kappa shape index (κ3) is 3.41. The first-order valence-corrected chi connectivity index (χ1v) is 7.99. The summed E-state index contributed by atoms with van der Waals surface area (Å²) in [6.07, 6.45) is 11.9. The normalized spacial score (nSPS) is 17.1. The van der Waals surface area contributed by atoms with Gasteiger partial charge >= 0.3 is 0 Å². The molecule has 0 bridgehead atoms. The van der Waals surface area contributed by atoms with Crippen molar-refractivity contribution >= 4 is 5.78 Å². The number of hydrogen-bond acceptors (Lipinski definition) is 2. The molecule has 1 aromatic heterocycles. The zero-order valence-corrected chi connectivity index (χ0v) is 12.4. The van der Waals surface area contributed by atoms with Gasteiger partial charge in [0.2, 0.25) is 0 Å². The zero-order chi connectivity index (χ0) is 14.5. The van der Waals surface area contributed by atoms with Crippen LogP contribution >= 0.6 is 0 Å². The van der Waals surface area contributed by atoms with Crippen molar-refractivity contribution in [2.24, 2.45) is 5.92 Å². The molecule has 0 spiro atoms. The fourth-order valence-corrected chi connectivity index (χ4v) is 3.13. The summed E-state index contributed by atoms with van der Waals surface area (Å²) in [6.45, 7) is 0. The monoisotopic (exact) mass is 282 g/mol. The first kappa shape index (κ1) is 14.1. The third-order valence-electron chi connectivity index (χ3n) is 4.36. The van der Waals surface area contributed by atoms with Gasteiger partial charge in [0.25, 0.3) is 0 Å². The van der Waals surface area contributed by atoms with Crippen LogP contribution in [0.4, 0.5) is 0 Å². The zero-order valence-electron chi connectivity index (χ0n) is 12.4. The van der Waals surface area contributed by atoms with Crippen LogP contribution < -0.4 is 0 Å². The summed E-state index contributed by atoms with van der Waals surface area (Å²) in [4.78, 5) is 12.7. The van der Waals surface area contributed by atoms with E-state index in [2.05, 4.69) is 5.10 Å². The second-order valence-corrected chi connectivity index (χ2v) is 5.92. The Kier molecular flexibility index (Phi) is 4.49. The molecule has 1 saturated carbocycles. The molecule has 0 atom stereocenters. The topological polar surface area (TPSA) is 34.9 Å². The maximum Gasteiger partial charge on any atom is 0.169 e. The molecular formula is C18H22N2O. The predicted octanol–water partition coefficient (Wildman–Crippen LogP) is 4.42. The summed E-state index contributed by atoms with van der Waals surface area (Å²) in [5.74, 6) is 0.470. The van der Waals surface area contributed by atoms with Gasteiger partial charge in [0.15, 0.2) is 5.78 Å². The van der Waals surface area contributed by atoms with E-state index in [9.17, 15) is 4.79 Å². The van der Waals surface area contributed by atoms with E-state index in [1.165, 1.54) is 32.1 Å². The van der Waals surface area contributed by atoms with Gasteiger partial charge in [-0.3, -0.25) is 4.79 Å². The van der Waals surface area contributed by atoms with Crippen molar-refractivity contribution in [1.29, 1.82) is 0 Å². The minimum atomic E-state index is 0.193. The molecule has 0 saturated heterocycles. The van der Waals surface area contributed by atoms with E-state index >= 15 is 0 Å². The predicted molar refractivity (Wildman–Crippen MR) is 83.7 cm³/mol. The van der Waals surface area contributed by atoms with Crippen LogP contribution in [0.1, 0.15) is 55.3 Å². The van der Waals surface area contributed by atoms with Crippen LogP contribution in [0.25, 0.3) is 5.69 Å². The highest BCUT2D eigenvalue weighted by Gasteiger charge is 2.22. The number of benzene rings is 1. The molecule has 3 heteroatoms. The molecule has 0 amide bonds. The standard InChI is InChI=1S/C18H22N2O/c21-18(15-9-5-2-1-3-6-10-15)16-13-19-20(14-16)17-11-7-4-8-12-17/h4,7-8,11-15H,1-3,5-6,9-10H2. The highest BCUT2D eigenvalue weighted by atomic mass is 16.1. The number of ketones is 1. The Bertz CT molecular complexity index is 580. The van der Waals surface area contributed by atoms with Crippen molar-refractivity contribution in [2.45, 2.75) is 44.9 Å². The van der Waals surface area contributed by atoms with Gasteiger partial charge in [-0.15, -0.1) is 0 Å². The molecule has 0 N–H and O–H groups in total. The second kappa shape index (κ2) is 6.70. The van der Waals surface area contributed by atoms with Gasteiger partial charge in [-0.1, -0.05) is 50.3 Å². The molecule has 3 nitrogen and oxygen atoms in total. The highest BCUT2D eigenvalue weighted by Crippen LogP contribution is 2.25. The number of carbonyl (C=O) groups excluding carboxylic acids is 1. The van der Waals surface area contributed by atoms with Gasteiger partial charge in [0.1, 0.15) is 0 Å². The van der Waals surface area contributed by atoms with Gasteiger partial charge in [0.05, 0.1) is 17.4 Å². The number of carbonyl (C=O) groups is 1. The molecule has 0 aliphatic heterocycles. The van der Waals surface area contributed by atoms with Crippen LogP contribution in [0, 0.1) is 5.92 Å². The molecule has 110 valence electrons. The van der Waals surface area contributed by atoms with Crippen LogP contribution in [-0.4, -0.2) is 15.6 Å². The molecule has 0 unspecified atom stereocenters. The Morgan fingerprint density at radius 1 is 1.00 bits per heavy atom. The molecule has 1 aliphatic carbocycles. The van der Waals surface area contributed by atoms with E-state index in [0.29, 0.717) is 0 Å². The number of para-hydroxylation sites is 1. The van der Waals surface area contributed by atoms with E-state index in [1.807, 2.05) is 36.5 Å². The fraction of sp³-hybridized carbons (Fsp3) is 0.444. The molecule has 1 heterocycles. The average Bonchev–Trinajstić information content (AvgIpc) is 2.97. The van der Waals surface area contributed by atoms with Crippen molar-refractivity contribution in [1.82, 2.24) is 9.78 Å². The lowest BCUT2D eigenvalue weighted by molar-refractivity contribution is 0.0898. The summed E-state index contributed by atoms with van der Waals surface area (Å²) in [7, 11) is 0. The molecule has 0 radical (unpaired) electrons. The lowest BCUT2D eigenvalue weighted by atomic mass is 9.86. The molecular weight excluding hydrogens is 260 g/mol. The summed E-state index contributed by atoms with van der Waals surface area (Å²) < 4.78 is 1.79. The molecule has 2 aromatic rings. The lowest BCUT2D eigenvalue weighted by Crippen LogP contribution is -2.15. The van der Waals surface area contributed by atoms with Crippen LogP contribution in [0.5, 0.6) is 0 Å². The van der Waals surface area contributed by atoms with Gasteiger partial charge in [0, 0.05) is 12.1 Å². The van der Waals surface area contributed by atoms with E-state index in [1.54, 1.807) is 10.9 Å². The molecule has 1 fully saturated rings. The minimum absolute atomic E-state index is 0.193. The highest BCUT2D eigenvalue weighted by molar-refractivity contribution is 5.97. The van der Waals surface area contributed by atoms with Crippen molar-refractivity contribution in [3.05, 3.63) is 48.3 Å². The number of nitrogens with zero attached hydrogens (tertiary/aromatic N) is 2. The van der Waals surface area contributed by atoms with Gasteiger partial charge in [-0.2, -0.15) is 5.10 Å². The first-order chi connectivity index (χ1) is 10.3. The maximum atomic E-state index is 12.7. The SMILES string of the molecule is O=C(c1cnn(-c2ccccc2)c1)C1CCCCCCC1. The van der Waals surface area contributed by atoms with Crippen molar-refractivity contribution in [3.8, 4) is 5.69 Å². The Balaban J connectivity index is 1.74. The Labute approximate surface area is 126 Å². The summed E-state index contributed by atoms with van der Waals surface area (Å²) in [5.41, 5.74) is 1.75. The van der Waals surface area contributed by atoms with Crippen LogP contribution in [0.2, 0.25) is 0 Å². The minimum Gasteiger partial charge on any atom is -0.294 e. The van der Waals surface area contributed by atoms with Crippen molar-refractivity contribution in [3.63, 3.8) is 0 Å². The first-order valence-electron chi connectivity index (χ1n) is 7.99. The summed E-state index contributed by atoms with van der Waals surface area (Å²) >= 11 is 0. The average molecular weight is 282 g/mol. The summed E-state index contributed by atoms with van der Waals surface area (Å²) in [6, 6.07) is 9.93. The number of rotatable bonds is 3. The van der Waals surface area contributed by atoms with Gasteiger partial charge < -0.3 is 0 Å². The number of hydrogen-bond donors (Lipinski definition) is 0. The number of aromatic nitrogens is 2. The van der Waals surface area contributed by atoms with E-state index in [0.717, 1.165) is 24.1 Å². The van der Waals surface area contributed by atoms with Crippen molar-refractivity contribution < 1.29 is 4.79 Å². The Morgan fingerprint density at radius 3 is 2.38 bits per heavy atom. The Hall–Kier alpha value is -1.90. The van der Waals surface area contributed by atoms with E-state index < -0.39 is 0 Å². The maximum absolute atomic E-state index is 12.7. The molecule has 21 heavy (non-hydrogen) atoms. The number of Topliss-reactive ketones (excluding diaryl/α,β-unsaturated/α-hetero) is 1. The summed E-state index contributed by atoms with van der Waals surface area (Å²) in [5, 5.41) is 4.34. The second-order valence-electron chi connectivity index (χ2n) is 5.92. The molecule has 1 aromatic carbocycles.